The van der Waals surface area contributed by atoms with Crippen LogP contribution in [-0.2, 0) is 20.9 Å². The Balaban J connectivity index is 1.39. The Hall–Kier alpha value is -4.32. The summed E-state index contributed by atoms with van der Waals surface area (Å²) >= 11 is 0. The molecule has 3 aliphatic rings. The van der Waals surface area contributed by atoms with Crippen LogP contribution in [-0.4, -0.2) is 114 Å². The van der Waals surface area contributed by atoms with Crippen LogP contribution in [0.4, 0.5) is 4.79 Å². The molecule has 0 radical (unpaired) electrons. The van der Waals surface area contributed by atoms with Crippen molar-refractivity contribution in [2.75, 3.05) is 52.9 Å². The van der Waals surface area contributed by atoms with Gasteiger partial charge in [0.1, 0.15) is 23.8 Å². The monoisotopic (exact) mass is 607 g/mol. The molecule has 0 spiro atoms. The highest BCUT2D eigenvalue weighted by Gasteiger charge is 2.36. The number of likely N-dealkylation sites (N-methyl/N-ethyl adjacent to an activating group) is 2. The van der Waals surface area contributed by atoms with Gasteiger partial charge >= 0.3 is 6.03 Å². The van der Waals surface area contributed by atoms with E-state index in [0.717, 1.165) is 5.56 Å². The number of likely N-dealkylation sites (tertiary alicyclic amines) is 1. The molecule has 2 aromatic carbocycles. The van der Waals surface area contributed by atoms with Crippen molar-refractivity contribution < 1.29 is 33.4 Å². The standard InChI is InChI=1S/C32H41N5O7/c1-5-35-18-29(38)33-27-17-36(30(39)19-37-12-11-34(4)32(37)41)10-9-28(27)42-20-22-7-6-8-24(13-22)44-26-15-23(31(35)40)14-25(16-26)43-21(2)3/h6-8,13-16,21,27-28H,5,9-12,17-20H2,1-4H3,(H,33,38)/t27-,28-/m0/s1. The molecule has 12 nitrogen and oxygen atoms in total. The molecule has 2 atom stereocenters. The molecule has 2 saturated heterocycles. The number of piperidine rings is 1. The summed E-state index contributed by atoms with van der Waals surface area (Å²) in [6, 6.07) is 11.9. The lowest BCUT2D eigenvalue weighted by atomic mass is 10.0. The molecule has 0 saturated carbocycles. The Morgan fingerprint density at radius 2 is 1.86 bits per heavy atom. The lowest BCUT2D eigenvalue weighted by molar-refractivity contribution is -0.137. The minimum atomic E-state index is -0.507. The number of nitrogens with one attached hydrogen (secondary N) is 1. The van der Waals surface area contributed by atoms with E-state index in [9.17, 15) is 19.2 Å². The van der Waals surface area contributed by atoms with Gasteiger partial charge in [0.15, 0.2) is 0 Å². The van der Waals surface area contributed by atoms with Crippen molar-refractivity contribution >= 4 is 23.8 Å². The normalized spacial score (nSPS) is 21.2. The van der Waals surface area contributed by atoms with Gasteiger partial charge in [-0.25, -0.2) is 4.79 Å². The summed E-state index contributed by atoms with van der Waals surface area (Å²) in [6.07, 6.45) is 0.0151. The predicted molar refractivity (Wildman–Crippen MR) is 162 cm³/mol. The van der Waals surface area contributed by atoms with E-state index < -0.39 is 6.04 Å². The Bertz CT molecular complexity index is 1400. The number of fused-ring (bicyclic) bond motifs is 5. The van der Waals surface area contributed by atoms with Crippen LogP contribution in [0.2, 0.25) is 0 Å². The first-order valence-corrected chi connectivity index (χ1v) is 15.2. The Labute approximate surface area is 257 Å². The first kappa shape index (κ1) is 31.1. The number of benzene rings is 2. The second-order valence-electron chi connectivity index (χ2n) is 11.7. The van der Waals surface area contributed by atoms with Crippen molar-refractivity contribution in [2.24, 2.45) is 0 Å². The smallest absolute Gasteiger partial charge is 0.320 e. The van der Waals surface area contributed by atoms with Crippen LogP contribution in [0.3, 0.4) is 0 Å². The van der Waals surface area contributed by atoms with Crippen LogP contribution < -0.4 is 14.8 Å². The molecule has 5 amide bonds. The quantitative estimate of drug-likeness (QED) is 0.555. The van der Waals surface area contributed by atoms with Gasteiger partial charge in [0.25, 0.3) is 5.91 Å². The number of amides is 5. The largest absolute Gasteiger partial charge is 0.491 e. The third kappa shape index (κ3) is 7.42. The number of nitrogens with zero attached hydrogens (tertiary/aromatic N) is 4. The lowest BCUT2D eigenvalue weighted by Crippen LogP contribution is -2.59. The van der Waals surface area contributed by atoms with Gasteiger partial charge in [0, 0.05) is 51.4 Å². The van der Waals surface area contributed by atoms with E-state index in [1.807, 2.05) is 45.0 Å². The van der Waals surface area contributed by atoms with Gasteiger partial charge < -0.3 is 39.1 Å². The number of hydrogen-bond acceptors (Lipinski definition) is 7. The maximum absolute atomic E-state index is 13.7. The fraction of sp³-hybridized carbons (Fsp3) is 0.500. The van der Waals surface area contributed by atoms with Crippen LogP contribution in [0.25, 0.3) is 0 Å². The van der Waals surface area contributed by atoms with E-state index in [1.165, 1.54) is 9.80 Å². The predicted octanol–water partition coefficient (Wildman–Crippen LogP) is 2.71. The topological polar surface area (TPSA) is 121 Å². The minimum Gasteiger partial charge on any atom is -0.491 e. The summed E-state index contributed by atoms with van der Waals surface area (Å²) in [7, 11) is 1.71. The fourth-order valence-corrected chi connectivity index (χ4v) is 5.68. The van der Waals surface area contributed by atoms with Crippen molar-refractivity contribution in [3.63, 3.8) is 0 Å². The molecule has 2 aromatic rings. The van der Waals surface area contributed by atoms with Crippen LogP contribution in [0.15, 0.2) is 42.5 Å². The first-order chi connectivity index (χ1) is 21.1. The van der Waals surface area contributed by atoms with E-state index in [2.05, 4.69) is 5.32 Å². The van der Waals surface area contributed by atoms with E-state index in [0.29, 0.717) is 55.4 Å². The molecule has 5 rings (SSSR count). The molecule has 0 unspecified atom stereocenters. The molecule has 3 aliphatic heterocycles. The molecule has 1 N–H and O–H groups in total. The zero-order valence-corrected chi connectivity index (χ0v) is 25.8. The maximum Gasteiger partial charge on any atom is 0.320 e. The van der Waals surface area contributed by atoms with Gasteiger partial charge in [-0.3, -0.25) is 14.4 Å². The molecular weight excluding hydrogens is 566 g/mol. The molecule has 2 fully saturated rings. The summed E-state index contributed by atoms with van der Waals surface area (Å²) in [5.41, 5.74) is 1.21. The summed E-state index contributed by atoms with van der Waals surface area (Å²) < 4.78 is 18.4. The van der Waals surface area contributed by atoms with Crippen molar-refractivity contribution in [2.45, 2.75) is 52.0 Å². The summed E-state index contributed by atoms with van der Waals surface area (Å²) in [6.45, 7) is 7.74. The molecule has 4 bridgehead atoms. The van der Waals surface area contributed by atoms with Crippen molar-refractivity contribution in [3.05, 3.63) is 53.6 Å². The number of rotatable bonds is 5. The highest BCUT2D eigenvalue weighted by Crippen LogP contribution is 2.30. The van der Waals surface area contributed by atoms with Crippen LogP contribution in [0, 0.1) is 0 Å². The number of ether oxygens (including phenoxy) is 3. The molecular formula is C32H41N5O7. The van der Waals surface area contributed by atoms with Crippen molar-refractivity contribution in [3.8, 4) is 17.2 Å². The van der Waals surface area contributed by atoms with Crippen molar-refractivity contribution in [1.82, 2.24) is 24.9 Å². The maximum atomic E-state index is 13.7. The van der Waals surface area contributed by atoms with Gasteiger partial charge in [0.2, 0.25) is 11.8 Å². The average Bonchev–Trinajstić information content (AvgIpc) is 3.30. The van der Waals surface area contributed by atoms with E-state index in [4.69, 9.17) is 14.2 Å². The fourth-order valence-electron chi connectivity index (χ4n) is 5.68. The van der Waals surface area contributed by atoms with Crippen LogP contribution in [0.1, 0.15) is 43.1 Å². The Morgan fingerprint density at radius 1 is 1.05 bits per heavy atom. The third-order valence-corrected chi connectivity index (χ3v) is 7.98. The number of carbonyl (C=O) groups is 4. The second-order valence-corrected chi connectivity index (χ2v) is 11.7. The van der Waals surface area contributed by atoms with Crippen LogP contribution in [0.5, 0.6) is 17.2 Å². The van der Waals surface area contributed by atoms with Gasteiger partial charge in [-0.15, -0.1) is 0 Å². The second kappa shape index (κ2) is 13.5. The third-order valence-electron chi connectivity index (χ3n) is 7.98. The summed E-state index contributed by atoms with van der Waals surface area (Å²) in [4.78, 5) is 58.9. The highest BCUT2D eigenvalue weighted by atomic mass is 16.5. The minimum absolute atomic E-state index is 0.0121. The van der Waals surface area contributed by atoms with Gasteiger partial charge in [0.05, 0.1) is 31.4 Å². The summed E-state index contributed by atoms with van der Waals surface area (Å²) in [5.74, 6) is 0.636. The van der Waals surface area contributed by atoms with Gasteiger partial charge in [-0.1, -0.05) is 12.1 Å². The zero-order valence-electron chi connectivity index (χ0n) is 25.8. The average molecular weight is 608 g/mol. The molecule has 12 heteroatoms. The lowest BCUT2D eigenvalue weighted by Gasteiger charge is -2.39. The highest BCUT2D eigenvalue weighted by molar-refractivity contribution is 5.97. The van der Waals surface area contributed by atoms with Gasteiger partial charge in [-0.2, -0.15) is 0 Å². The first-order valence-electron chi connectivity index (χ1n) is 15.2. The summed E-state index contributed by atoms with van der Waals surface area (Å²) in [5, 5.41) is 3.04. The molecule has 44 heavy (non-hydrogen) atoms. The van der Waals surface area contributed by atoms with E-state index >= 15 is 0 Å². The zero-order chi connectivity index (χ0) is 31.4. The van der Waals surface area contributed by atoms with Gasteiger partial charge in [-0.05, 0) is 57.0 Å². The Kier molecular flexibility index (Phi) is 9.58. The van der Waals surface area contributed by atoms with E-state index in [-0.39, 0.29) is 62.2 Å². The number of hydrogen-bond donors (Lipinski definition) is 1. The molecule has 236 valence electrons. The van der Waals surface area contributed by atoms with Crippen LogP contribution >= 0.6 is 0 Å². The van der Waals surface area contributed by atoms with Crippen molar-refractivity contribution in [1.29, 1.82) is 0 Å². The molecule has 0 aromatic heterocycles. The Morgan fingerprint density at radius 3 is 2.59 bits per heavy atom. The number of carbonyl (C=O) groups excluding carboxylic acids is 4. The SMILES string of the molecule is CCN1CC(=O)N[C@H]2CN(C(=O)CN3CCN(C)C3=O)CC[C@@H]2OCc2cccc(c2)Oc2cc(OC(C)C)cc(c2)C1=O. The molecule has 0 aliphatic carbocycles. The number of urea groups is 1. The molecule has 3 heterocycles. The van der Waals surface area contributed by atoms with E-state index in [1.54, 1.807) is 35.0 Å².